The lowest BCUT2D eigenvalue weighted by Crippen LogP contribution is -2.33. The first-order chi connectivity index (χ1) is 6.59. The molecule has 0 aliphatic heterocycles. The van der Waals surface area contributed by atoms with Gasteiger partial charge in [-0.1, -0.05) is 33.6 Å². The summed E-state index contributed by atoms with van der Waals surface area (Å²) in [6, 6.07) is 0. The summed E-state index contributed by atoms with van der Waals surface area (Å²) in [5, 5.41) is 0. The van der Waals surface area contributed by atoms with Gasteiger partial charge in [-0.05, 0) is 36.5 Å². The Morgan fingerprint density at radius 1 is 1.36 bits per heavy atom. The summed E-state index contributed by atoms with van der Waals surface area (Å²) < 4.78 is 5.36. The third-order valence-electron chi connectivity index (χ3n) is 3.55. The molecule has 0 aromatic heterocycles. The Balaban J connectivity index is 2.52. The highest BCUT2D eigenvalue weighted by atomic mass is 16.5. The van der Waals surface area contributed by atoms with Crippen LogP contribution in [0, 0.1) is 17.3 Å². The van der Waals surface area contributed by atoms with Crippen LogP contribution in [0.3, 0.4) is 0 Å². The van der Waals surface area contributed by atoms with Crippen molar-refractivity contribution < 1.29 is 4.74 Å². The van der Waals surface area contributed by atoms with E-state index in [0.717, 1.165) is 18.4 Å². The Morgan fingerprint density at radius 2 is 2.07 bits per heavy atom. The van der Waals surface area contributed by atoms with Crippen LogP contribution < -0.4 is 0 Å². The molecule has 1 aliphatic carbocycles. The quantitative estimate of drug-likeness (QED) is 0.666. The zero-order valence-corrected chi connectivity index (χ0v) is 10.3. The Bertz CT molecular complexity index is 167. The maximum absolute atomic E-state index is 5.36. The number of hydrogen-bond donors (Lipinski definition) is 0. The zero-order chi connectivity index (χ0) is 10.6. The molecule has 0 amide bonds. The first-order valence-corrected chi connectivity index (χ1v) is 6.08. The van der Waals surface area contributed by atoms with Gasteiger partial charge in [-0.3, -0.25) is 0 Å². The van der Waals surface area contributed by atoms with Gasteiger partial charge in [0.25, 0.3) is 0 Å². The van der Waals surface area contributed by atoms with Gasteiger partial charge < -0.3 is 4.74 Å². The molecule has 0 aromatic rings. The predicted molar refractivity (Wildman–Crippen MR) is 61.4 cm³/mol. The molecule has 0 bridgehead atoms. The molecule has 3 atom stereocenters. The van der Waals surface area contributed by atoms with E-state index >= 15 is 0 Å². The number of methoxy groups -OCH3 is 1. The van der Waals surface area contributed by atoms with E-state index in [1.807, 2.05) is 7.11 Å². The average molecular weight is 198 g/mol. The normalized spacial score (nSPS) is 38.6. The molecule has 14 heavy (non-hydrogen) atoms. The van der Waals surface area contributed by atoms with Gasteiger partial charge in [0.2, 0.25) is 0 Å². The fourth-order valence-corrected chi connectivity index (χ4v) is 3.45. The van der Waals surface area contributed by atoms with Crippen molar-refractivity contribution in [2.75, 3.05) is 13.7 Å². The number of rotatable bonds is 4. The lowest BCUT2D eigenvalue weighted by Gasteiger charge is -2.41. The highest BCUT2D eigenvalue weighted by Gasteiger charge is 2.34. The molecule has 1 saturated carbocycles. The Labute approximate surface area is 89.2 Å². The second kappa shape index (κ2) is 5.16. The number of hydrogen-bond acceptors (Lipinski definition) is 1. The van der Waals surface area contributed by atoms with Crippen LogP contribution in [0.15, 0.2) is 0 Å². The van der Waals surface area contributed by atoms with Gasteiger partial charge in [0, 0.05) is 7.11 Å². The molecule has 1 rings (SSSR count). The van der Waals surface area contributed by atoms with Gasteiger partial charge in [0.1, 0.15) is 0 Å². The highest BCUT2D eigenvalue weighted by molar-refractivity contribution is 4.85. The van der Waals surface area contributed by atoms with Crippen molar-refractivity contribution in [3.8, 4) is 0 Å². The van der Waals surface area contributed by atoms with Crippen LogP contribution in [-0.4, -0.2) is 13.7 Å². The van der Waals surface area contributed by atoms with E-state index in [1.165, 1.54) is 32.1 Å². The predicted octanol–water partition coefficient (Wildman–Crippen LogP) is 3.88. The van der Waals surface area contributed by atoms with E-state index in [4.69, 9.17) is 4.74 Å². The molecule has 84 valence electrons. The van der Waals surface area contributed by atoms with E-state index in [-0.39, 0.29) is 0 Å². The van der Waals surface area contributed by atoms with Gasteiger partial charge >= 0.3 is 0 Å². The van der Waals surface area contributed by atoms with Crippen LogP contribution in [0.1, 0.15) is 52.9 Å². The van der Waals surface area contributed by atoms with Crippen molar-refractivity contribution in [2.45, 2.75) is 52.9 Å². The van der Waals surface area contributed by atoms with Crippen molar-refractivity contribution >= 4 is 0 Å². The fourth-order valence-electron chi connectivity index (χ4n) is 3.45. The third kappa shape index (κ3) is 3.27. The van der Waals surface area contributed by atoms with Gasteiger partial charge in [0.05, 0.1) is 6.61 Å². The maximum atomic E-state index is 5.36. The minimum Gasteiger partial charge on any atom is -0.384 e. The lowest BCUT2D eigenvalue weighted by molar-refractivity contribution is 0.0224. The van der Waals surface area contributed by atoms with Gasteiger partial charge in [-0.2, -0.15) is 0 Å². The minimum atomic E-state index is 0.451. The molecule has 1 fully saturated rings. The van der Waals surface area contributed by atoms with E-state index < -0.39 is 0 Å². The average Bonchev–Trinajstić information content (AvgIpc) is 2.02. The summed E-state index contributed by atoms with van der Waals surface area (Å²) in [5.41, 5.74) is 0.451. The minimum absolute atomic E-state index is 0.451. The molecule has 1 aliphatic rings. The van der Waals surface area contributed by atoms with Crippen LogP contribution in [-0.2, 0) is 4.74 Å². The molecule has 3 unspecified atom stereocenters. The van der Waals surface area contributed by atoms with Gasteiger partial charge in [0.15, 0.2) is 0 Å². The van der Waals surface area contributed by atoms with Crippen LogP contribution >= 0.6 is 0 Å². The standard InChI is InChI=1S/C13H26O/c1-5-6-12-7-11(2)8-13(3,9-12)10-14-4/h11-12H,5-10H2,1-4H3. The van der Waals surface area contributed by atoms with Crippen molar-refractivity contribution in [1.82, 2.24) is 0 Å². The fraction of sp³-hybridized carbons (Fsp3) is 1.00. The Hall–Kier alpha value is -0.0400. The van der Waals surface area contributed by atoms with E-state index in [9.17, 15) is 0 Å². The Kier molecular flexibility index (Phi) is 4.43. The first kappa shape index (κ1) is 12.0. The summed E-state index contributed by atoms with van der Waals surface area (Å²) in [5.74, 6) is 1.84. The molecule has 0 heterocycles. The highest BCUT2D eigenvalue weighted by Crippen LogP contribution is 2.43. The van der Waals surface area contributed by atoms with Gasteiger partial charge in [-0.25, -0.2) is 0 Å². The van der Waals surface area contributed by atoms with E-state index in [2.05, 4.69) is 20.8 Å². The monoisotopic (exact) mass is 198 g/mol. The summed E-state index contributed by atoms with van der Waals surface area (Å²) in [6.45, 7) is 8.04. The summed E-state index contributed by atoms with van der Waals surface area (Å²) in [4.78, 5) is 0. The van der Waals surface area contributed by atoms with Crippen molar-refractivity contribution in [1.29, 1.82) is 0 Å². The van der Waals surface area contributed by atoms with Crippen LogP contribution in [0.5, 0.6) is 0 Å². The molecule has 0 radical (unpaired) electrons. The molecule has 1 nitrogen and oxygen atoms in total. The first-order valence-electron chi connectivity index (χ1n) is 6.08. The van der Waals surface area contributed by atoms with Crippen molar-refractivity contribution in [3.63, 3.8) is 0 Å². The van der Waals surface area contributed by atoms with Crippen molar-refractivity contribution in [3.05, 3.63) is 0 Å². The molecule has 0 aromatic carbocycles. The zero-order valence-electron chi connectivity index (χ0n) is 10.3. The van der Waals surface area contributed by atoms with Crippen LogP contribution in [0.25, 0.3) is 0 Å². The smallest absolute Gasteiger partial charge is 0.0516 e. The third-order valence-corrected chi connectivity index (χ3v) is 3.55. The summed E-state index contributed by atoms with van der Waals surface area (Å²) >= 11 is 0. The van der Waals surface area contributed by atoms with Crippen LogP contribution in [0.4, 0.5) is 0 Å². The van der Waals surface area contributed by atoms with E-state index in [1.54, 1.807) is 0 Å². The molecule has 0 N–H and O–H groups in total. The maximum Gasteiger partial charge on any atom is 0.0516 e. The second-order valence-corrected chi connectivity index (χ2v) is 5.65. The molecule has 0 spiro atoms. The SMILES string of the molecule is CCCC1CC(C)CC(C)(COC)C1. The molecular formula is C13H26O. The summed E-state index contributed by atoms with van der Waals surface area (Å²) in [7, 11) is 1.83. The molecule has 0 saturated heterocycles. The van der Waals surface area contributed by atoms with Crippen LogP contribution in [0.2, 0.25) is 0 Å². The van der Waals surface area contributed by atoms with Crippen molar-refractivity contribution in [2.24, 2.45) is 17.3 Å². The largest absolute Gasteiger partial charge is 0.384 e. The number of ether oxygens (including phenoxy) is 1. The topological polar surface area (TPSA) is 9.23 Å². The van der Waals surface area contributed by atoms with Gasteiger partial charge in [-0.15, -0.1) is 0 Å². The molecule has 1 heteroatoms. The van der Waals surface area contributed by atoms with E-state index in [0.29, 0.717) is 5.41 Å². The summed E-state index contributed by atoms with van der Waals surface area (Å²) in [6.07, 6.45) is 6.90. The molecular weight excluding hydrogens is 172 g/mol. The second-order valence-electron chi connectivity index (χ2n) is 5.65. The lowest BCUT2D eigenvalue weighted by atomic mass is 9.66. The Morgan fingerprint density at radius 3 is 2.64 bits per heavy atom.